The molecule has 0 bridgehead atoms. The Hall–Kier alpha value is -8.20. The van der Waals surface area contributed by atoms with Crippen molar-refractivity contribution >= 4 is 34.1 Å². The number of fused-ring (bicyclic) bond motifs is 12. The third kappa shape index (κ3) is 6.30. The summed E-state index contributed by atoms with van der Waals surface area (Å²) in [7, 11) is 0. The van der Waals surface area contributed by atoms with E-state index in [1.807, 2.05) is 0 Å². The minimum absolute atomic E-state index is 0.118. The van der Waals surface area contributed by atoms with Gasteiger partial charge in [0.15, 0.2) is 0 Å². The molecule has 0 fully saturated rings. The SMILES string of the molecule is CC1(C)c2ccccc2-c2ccc(N(c3ccc(-c4ccc(N(c5ccc6c(c5)C(C)(C)c5ccccc5-6)c5ccc6c(c5)C(C)(C)c5ccccc5-6)cc4)cc3)c3ccc4c(c3)C(C)(C)c3ccccc3-4)cc21. The summed E-state index contributed by atoms with van der Waals surface area (Å²) in [6.45, 7) is 19.0. The van der Waals surface area contributed by atoms with Crippen molar-refractivity contribution in [2.75, 3.05) is 9.80 Å². The van der Waals surface area contributed by atoms with Gasteiger partial charge in [-0.1, -0.05) is 201 Å². The van der Waals surface area contributed by atoms with Crippen LogP contribution in [-0.4, -0.2) is 0 Å². The molecular weight excluding hydrogens is 893 g/mol. The van der Waals surface area contributed by atoms with Gasteiger partial charge < -0.3 is 9.80 Å². The van der Waals surface area contributed by atoms with Crippen LogP contribution in [0.2, 0.25) is 0 Å². The maximum Gasteiger partial charge on any atom is 0.0465 e. The highest BCUT2D eigenvalue weighted by molar-refractivity contribution is 5.91. The highest BCUT2D eigenvalue weighted by Gasteiger charge is 2.40. The van der Waals surface area contributed by atoms with E-state index in [0.717, 1.165) is 34.1 Å². The molecule has 14 rings (SSSR count). The lowest BCUT2D eigenvalue weighted by molar-refractivity contribution is 0.659. The number of hydrogen-bond donors (Lipinski definition) is 0. The largest absolute Gasteiger partial charge is 0.310 e. The molecule has 2 heteroatoms. The molecular formula is C72H60N2. The van der Waals surface area contributed by atoms with Gasteiger partial charge in [-0.3, -0.25) is 0 Å². The van der Waals surface area contributed by atoms with Crippen LogP contribution in [0.25, 0.3) is 55.6 Å². The molecule has 10 aromatic rings. The zero-order chi connectivity index (χ0) is 50.5. The van der Waals surface area contributed by atoms with Gasteiger partial charge in [-0.15, -0.1) is 0 Å². The van der Waals surface area contributed by atoms with E-state index in [0.29, 0.717) is 0 Å². The minimum atomic E-state index is -0.118. The molecule has 10 aromatic carbocycles. The molecule has 0 aromatic heterocycles. The Kier molecular flexibility index (Phi) is 9.41. The van der Waals surface area contributed by atoms with E-state index < -0.39 is 0 Å². The number of benzene rings is 10. The molecule has 2 nitrogen and oxygen atoms in total. The Morgan fingerprint density at radius 2 is 0.405 bits per heavy atom. The molecule has 74 heavy (non-hydrogen) atoms. The summed E-state index contributed by atoms with van der Waals surface area (Å²) in [5, 5.41) is 0. The maximum absolute atomic E-state index is 2.47. The molecule has 0 saturated heterocycles. The van der Waals surface area contributed by atoms with Crippen LogP contribution in [0.4, 0.5) is 34.1 Å². The summed E-state index contributed by atoms with van der Waals surface area (Å²) in [5.74, 6) is 0. The van der Waals surface area contributed by atoms with Crippen molar-refractivity contribution in [2.45, 2.75) is 77.0 Å². The summed E-state index contributed by atoms with van der Waals surface area (Å²) in [5.41, 5.74) is 30.4. The first-order valence-corrected chi connectivity index (χ1v) is 26.5. The number of rotatable bonds is 7. The second-order valence-corrected chi connectivity index (χ2v) is 23.4. The Bertz CT molecular complexity index is 3480. The summed E-state index contributed by atoms with van der Waals surface area (Å²) in [4.78, 5) is 4.94. The lowest BCUT2D eigenvalue weighted by Crippen LogP contribution is -2.18. The zero-order valence-electron chi connectivity index (χ0n) is 43.7. The topological polar surface area (TPSA) is 6.48 Å². The predicted octanol–water partition coefficient (Wildman–Crippen LogP) is 19.5. The lowest BCUT2D eigenvalue weighted by atomic mass is 9.82. The number of anilines is 6. The van der Waals surface area contributed by atoms with Crippen molar-refractivity contribution in [3.05, 3.63) is 263 Å². The van der Waals surface area contributed by atoms with Crippen molar-refractivity contribution in [1.82, 2.24) is 0 Å². The highest BCUT2D eigenvalue weighted by atomic mass is 15.1. The Labute approximate surface area is 437 Å². The molecule has 4 aliphatic rings. The van der Waals surface area contributed by atoms with Crippen LogP contribution in [0.5, 0.6) is 0 Å². The third-order valence-electron chi connectivity index (χ3n) is 17.9. The van der Waals surface area contributed by atoms with Crippen molar-refractivity contribution in [3.8, 4) is 55.6 Å². The molecule has 0 heterocycles. The molecule has 0 N–H and O–H groups in total. The highest BCUT2D eigenvalue weighted by Crippen LogP contribution is 2.56. The molecule has 0 saturated carbocycles. The Morgan fingerprint density at radius 1 is 0.203 bits per heavy atom. The van der Waals surface area contributed by atoms with E-state index in [9.17, 15) is 0 Å². The van der Waals surface area contributed by atoms with Crippen LogP contribution in [-0.2, 0) is 21.7 Å². The Morgan fingerprint density at radius 3 is 0.649 bits per heavy atom. The average Bonchev–Trinajstić information content (AvgIpc) is 4.02. The van der Waals surface area contributed by atoms with Crippen LogP contribution in [0.15, 0.2) is 218 Å². The standard InChI is InChI=1S/C72H60N2/c1-69(2)61-21-13-9-17-53(61)57-37-33-49(41-65(57)69)73(50-34-38-58-54-18-10-14-22-62(54)70(3,4)66(58)42-50)47-29-25-45(26-30-47)46-27-31-48(32-28-46)74(51-35-39-59-55-19-11-15-23-63(55)71(5,6)67(59)43-51)52-36-40-60-56-20-12-16-24-64(56)72(7,8)68(60)44-52/h9-44H,1-8H3. The quantitative estimate of drug-likeness (QED) is 0.157. The molecule has 0 amide bonds. The smallest absolute Gasteiger partial charge is 0.0465 e. The van der Waals surface area contributed by atoms with Crippen LogP contribution in [0, 0.1) is 0 Å². The summed E-state index contributed by atoms with van der Waals surface area (Å²) in [6, 6.07) is 82.6. The molecule has 358 valence electrons. The van der Waals surface area contributed by atoms with Gasteiger partial charge in [-0.25, -0.2) is 0 Å². The molecule has 0 aliphatic heterocycles. The predicted molar refractivity (Wildman–Crippen MR) is 312 cm³/mol. The van der Waals surface area contributed by atoms with Crippen molar-refractivity contribution in [2.24, 2.45) is 0 Å². The van der Waals surface area contributed by atoms with E-state index in [1.165, 1.54) is 100 Å². The van der Waals surface area contributed by atoms with Crippen molar-refractivity contribution in [3.63, 3.8) is 0 Å². The van der Waals surface area contributed by atoms with Gasteiger partial charge in [-0.2, -0.15) is 0 Å². The van der Waals surface area contributed by atoms with Crippen LogP contribution < -0.4 is 9.80 Å². The van der Waals surface area contributed by atoms with Gasteiger partial charge >= 0.3 is 0 Å². The summed E-state index contributed by atoms with van der Waals surface area (Å²) in [6.07, 6.45) is 0. The zero-order valence-corrected chi connectivity index (χ0v) is 43.7. The summed E-state index contributed by atoms with van der Waals surface area (Å²) < 4.78 is 0. The molecule has 4 aliphatic carbocycles. The van der Waals surface area contributed by atoms with Gasteiger partial charge in [-0.05, 0) is 173 Å². The van der Waals surface area contributed by atoms with Crippen LogP contribution >= 0.6 is 0 Å². The normalized spacial score (nSPS) is 15.7. The third-order valence-corrected chi connectivity index (χ3v) is 17.9. The molecule has 0 radical (unpaired) electrons. The van der Waals surface area contributed by atoms with Crippen molar-refractivity contribution in [1.29, 1.82) is 0 Å². The van der Waals surface area contributed by atoms with Gasteiger partial charge in [0.2, 0.25) is 0 Å². The van der Waals surface area contributed by atoms with Crippen LogP contribution in [0.3, 0.4) is 0 Å². The molecule has 0 spiro atoms. The fraction of sp³-hybridized carbons (Fsp3) is 0.167. The maximum atomic E-state index is 2.47. The fourth-order valence-corrected chi connectivity index (χ4v) is 13.8. The van der Waals surface area contributed by atoms with Crippen LogP contribution in [0.1, 0.15) is 99.9 Å². The summed E-state index contributed by atoms with van der Waals surface area (Å²) >= 11 is 0. The first-order valence-electron chi connectivity index (χ1n) is 26.5. The monoisotopic (exact) mass is 952 g/mol. The molecule has 0 atom stereocenters. The fourth-order valence-electron chi connectivity index (χ4n) is 13.8. The van der Waals surface area contributed by atoms with Gasteiger partial charge in [0, 0.05) is 55.8 Å². The number of nitrogens with zero attached hydrogens (tertiary/aromatic N) is 2. The first-order chi connectivity index (χ1) is 35.7. The van der Waals surface area contributed by atoms with Gasteiger partial charge in [0.05, 0.1) is 0 Å². The molecule has 0 unspecified atom stereocenters. The van der Waals surface area contributed by atoms with E-state index >= 15 is 0 Å². The minimum Gasteiger partial charge on any atom is -0.310 e. The van der Waals surface area contributed by atoms with E-state index in [1.54, 1.807) is 0 Å². The van der Waals surface area contributed by atoms with Gasteiger partial charge in [0.25, 0.3) is 0 Å². The Balaban J connectivity index is 0.852. The van der Waals surface area contributed by atoms with E-state index in [-0.39, 0.29) is 21.7 Å². The average molecular weight is 953 g/mol. The van der Waals surface area contributed by atoms with E-state index in [2.05, 4.69) is 284 Å². The first kappa shape index (κ1) is 44.5. The second-order valence-electron chi connectivity index (χ2n) is 23.4. The van der Waals surface area contributed by atoms with Crippen molar-refractivity contribution < 1.29 is 0 Å². The lowest BCUT2D eigenvalue weighted by Gasteiger charge is -2.30. The second kappa shape index (κ2) is 15.7. The van der Waals surface area contributed by atoms with Gasteiger partial charge in [0.1, 0.15) is 0 Å². The number of hydrogen-bond acceptors (Lipinski definition) is 2. The van der Waals surface area contributed by atoms with E-state index in [4.69, 9.17) is 0 Å².